The van der Waals surface area contributed by atoms with Gasteiger partial charge in [0, 0.05) is 32.2 Å². The number of aliphatic hydroxyl groups is 1. The summed E-state index contributed by atoms with van der Waals surface area (Å²) in [5.74, 6) is 6.24. The summed E-state index contributed by atoms with van der Waals surface area (Å²) in [5, 5.41) is 10.3. The molecule has 0 spiro atoms. The molecule has 1 aliphatic heterocycles. The summed E-state index contributed by atoms with van der Waals surface area (Å²) in [6.07, 6.45) is 13.1. The molecule has 5 nitrogen and oxygen atoms in total. The average molecular weight is 390 g/mol. The molecule has 156 valence electrons. The van der Waals surface area contributed by atoms with E-state index in [9.17, 15) is 14.7 Å². The molecule has 1 aliphatic rings. The standard InChI is InChI=1S/C23H35NO4/c1-4-5-6-9-12-19(2)21(25)16-14-20-15-17-22(26)24(20)18-11-8-7-10-13-23(27)28-3/h8,11,14,16,19-21,25H,4-5,7,10,12-13,15,17-18H2,1-3H3/b11-8-,16-14+/t19-,20?,21+/m0/s1. The SMILES string of the molecule is CCCC#CC[C@H](C)[C@H](O)/C=C/C1CCC(=O)N1C/C=C\CCCC(=O)OC. The number of allylic oxidation sites excluding steroid dienone is 1. The van der Waals surface area contributed by atoms with Crippen molar-refractivity contribution in [3.8, 4) is 11.8 Å². The zero-order chi connectivity index (χ0) is 20.8. The van der Waals surface area contributed by atoms with Crippen molar-refractivity contribution in [1.29, 1.82) is 0 Å². The molecule has 0 bridgehead atoms. The molecule has 28 heavy (non-hydrogen) atoms. The molecule has 1 N–H and O–H groups in total. The maximum Gasteiger partial charge on any atom is 0.305 e. The summed E-state index contributed by atoms with van der Waals surface area (Å²) in [6, 6.07) is 0.0280. The van der Waals surface area contributed by atoms with Crippen molar-refractivity contribution in [1.82, 2.24) is 4.90 Å². The van der Waals surface area contributed by atoms with Crippen LogP contribution >= 0.6 is 0 Å². The fraction of sp³-hybridized carbons (Fsp3) is 0.652. The number of hydrogen-bond donors (Lipinski definition) is 1. The normalized spacial score (nSPS) is 19.1. The highest BCUT2D eigenvalue weighted by atomic mass is 16.5. The van der Waals surface area contributed by atoms with E-state index in [0.29, 0.717) is 25.8 Å². The topological polar surface area (TPSA) is 66.8 Å². The number of aliphatic hydroxyl groups excluding tert-OH is 1. The molecule has 1 fully saturated rings. The number of unbranched alkanes of at least 4 members (excludes halogenated alkanes) is 2. The number of carbonyl (C=O) groups is 2. The van der Waals surface area contributed by atoms with Gasteiger partial charge in [0.1, 0.15) is 0 Å². The fourth-order valence-corrected chi connectivity index (χ4v) is 2.96. The summed E-state index contributed by atoms with van der Waals surface area (Å²) < 4.78 is 4.61. The molecule has 0 aromatic heterocycles. The Balaban J connectivity index is 2.44. The van der Waals surface area contributed by atoms with Crippen LogP contribution in [0.3, 0.4) is 0 Å². The Labute approximate surface area is 169 Å². The molecule has 1 amide bonds. The lowest BCUT2D eigenvalue weighted by Gasteiger charge is -2.21. The number of carbonyl (C=O) groups excluding carboxylic acids is 2. The van der Waals surface area contributed by atoms with Crippen LogP contribution in [0, 0.1) is 17.8 Å². The van der Waals surface area contributed by atoms with E-state index in [2.05, 4.69) is 23.5 Å². The predicted octanol–water partition coefficient (Wildman–Crippen LogP) is 3.62. The van der Waals surface area contributed by atoms with E-state index in [4.69, 9.17) is 0 Å². The van der Waals surface area contributed by atoms with E-state index in [0.717, 1.165) is 32.1 Å². The van der Waals surface area contributed by atoms with Gasteiger partial charge in [-0.3, -0.25) is 9.59 Å². The smallest absolute Gasteiger partial charge is 0.305 e. The second kappa shape index (κ2) is 14.0. The molecule has 5 heteroatoms. The van der Waals surface area contributed by atoms with E-state index in [-0.39, 0.29) is 23.8 Å². The van der Waals surface area contributed by atoms with Gasteiger partial charge in [0.05, 0.1) is 19.3 Å². The van der Waals surface area contributed by atoms with E-state index in [1.165, 1.54) is 7.11 Å². The fourth-order valence-electron chi connectivity index (χ4n) is 2.96. The van der Waals surface area contributed by atoms with Crippen LogP contribution in [0.1, 0.15) is 65.2 Å². The summed E-state index contributed by atoms with van der Waals surface area (Å²) in [5.41, 5.74) is 0. The minimum absolute atomic E-state index is 0.0280. The minimum atomic E-state index is -0.553. The molecule has 0 aromatic rings. The van der Waals surface area contributed by atoms with Gasteiger partial charge in [-0.05, 0) is 31.6 Å². The Hall–Kier alpha value is -2.06. The third-order valence-electron chi connectivity index (χ3n) is 4.86. The summed E-state index contributed by atoms with van der Waals surface area (Å²) in [7, 11) is 1.39. The van der Waals surface area contributed by atoms with E-state index >= 15 is 0 Å². The summed E-state index contributed by atoms with van der Waals surface area (Å²) >= 11 is 0. The molecule has 0 saturated carbocycles. The third kappa shape index (κ3) is 9.23. The largest absolute Gasteiger partial charge is 0.469 e. The van der Waals surface area contributed by atoms with Gasteiger partial charge in [-0.2, -0.15) is 0 Å². The molecule has 1 unspecified atom stereocenters. The number of nitrogens with zero attached hydrogens (tertiary/aromatic N) is 1. The van der Waals surface area contributed by atoms with Crippen molar-refractivity contribution in [2.45, 2.75) is 77.4 Å². The zero-order valence-electron chi connectivity index (χ0n) is 17.5. The first-order valence-electron chi connectivity index (χ1n) is 10.3. The molecule has 3 atom stereocenters. The Morgan fingerprint density at radius 2 is 2.18 bits per heavy atom. The first-order valence-corrected chi connectivity index (χ1v) is 10.3. The Kier molecular flexibility index (Phi) is 12.0. The summed E-state index contributed by atoms with van der Waals surface area (Å²) in [4.78, 5) is 25.0. The van der Waals surface area contributed by atoms with Crippen molar-refractivity contribution in [2.75, 3.05) is 13.7 Å². The van der Waals surface area contributed by atoms with E-state index in [1.54, 1.807) is 0 Å². The van der Waals surface area contributed by atoms with Crippen LogP contribution in [-0.2, 0) is 14.3 Å². The minimum Gasteiger partial charge on any atom is -0.469 e. The average Bonchev–Trinajstić information content (AvgIpc) is 3.05. The molecule has 0 aliphatic carbocycles. The lowest BCUT2D eigenvalue weighted by molar-refractivity contribution is -0.140. The van der Waals surface area contributed by atoms with Crippen molar-refractivity contribution in [3.05, 3.63) is 24.3 Å². The van der Waals surface area contributed by atoms with Gasteiger partial charge in [0.15, 0.2) is 0 Å². The molecule has 0 radical (unpaired) electrons. The second-order valence-electron chi connectivity index (χ2n) is 7.25. The highest BCUT2D eigenvalue weighted by Gasteiger charge is 2.28. The molecule has 0 aromatic carbocycles. The van der Waals surface area contributed by atoms with Crippen molar-refractivity contribution in [3.63, 3.8) is 0 Å². The van der Waals surface area contributed by atoms with Crippen molar-refractivity contribution < 1.29 is 19.4 Å². The number of likely N-dealkylation sites (tertiary alicyclic amines) is 1. The summed E-state index contributed by atoms with van der Waals surface area (Å²) in [6.45, 7) is 4.65. The number of ether oxygens (including phenoxy) is 1. The number of methoxy groups -OCH3 is 1. The zero-order valence-corrected chi connectivity index (χ0v) is 17.5. The third-order valence-corrected chi connectivity index (χ3v) is 4.86. The molecular weight excluding hydrogens is 354 g/mol. The monoisotopic (exact) mass is 389 g/mol. The molecular formula is C23H35NO4. The van der Waals surface area contributed by atoms with Crippen LogP contribution in [0.15, 0.2) is 24.3 Å². The van der Waals surface area contributed by atoms with Crippen LogP contribution < -0.4 is 0 Å². The van der Waals surface area contributed by atoms with Gasteiger partial charge in [-0.1, -0.05) is 38.2 Å². The Morgan fingerprint density at radius 3 is 2.89 bits per heavy atom. The van der Waals surface area contributed by atoms with Crippen LogP contribution in [0.4, 0.5) is 0 Å². The number of hydrogen-bond acceptors (Lipinski definition) is 4. The van der Waals surface area contributed by atoms with Crippen LogP contribution in [-0.4, -0.2) is 47.7 Å². The van der Waals surface area contributed by atoms with Crippen molar-refractivity contribution >= 4 is 11.9 Å². The highest BCUT2D eigenvalue weighted by Crippen LogP contribution is 2.21. The molecule has 1 heterocycles. The second-order valence-corrected chi connectivity index (χ2v) is 7.25. The first-order chi connectivity index (χ1) is 13.5. The molecule has 1 rings (SSSR count). The van der Waals surface area contributed by atoms with E-state index in [1.807, 2.05) is 36.1 Å². The van der Waals surface area contributed by atoms with Gasteiger partial charge >= 0.3 is 5.97 Å². The highest BCUT2D eigenvalue weighted by molar-refractivity contribution is 5.79. The lowest BCUT2D eigenvalue weighted by atomic mass is 10.00. The van der Waals surface area contributed by atoms with E-state index < -0.39 is 6.10 Å². The van der Waals surface area contributed by atoms with Crippen LogP contribution in [0.2, 0.25) is 0 Å². The maximum absolute atomic E-state index is 12.1. The maximum atomic E-state index is 12.1. The van der Waals surface area contributed by atoms with Gasteiger partial charge in [-0.15, -0.1) is 11.8 Å². The van der Waals surface area contributed by atoms with Gasteiger partial charge < -0.3 is 14.7 Å². The van der Waals surface area contributed by atoms with Crippen LogP contribution in [0.5, 0.6) is 0 Å². The van der Waals surface area contributed by atoms with Crippen LogP contribution in [0.25, 0.3) is 0 Å². The number of rotatable bonds is 11. The number of amides is 1. The lowest BCUT2D eigenvalue weighted by Crippen LogP contribution is -2.32. The Morgan fingerprint density at radius 1 is 1.39 bits per heavy atom. The molecule has 1 saturated heterocycles. The first kappa shape index (κ1) is 24.0. The Bertz CT molecular complexity index is 599. The van der Waals surface area contributed by atoms with Crippen molar-refractivity contribution in [2.24, 2.45) is 5.92 Å². The van der Waals surface area contributed by atoms with Gasteiger partial charge in [-0.25, -0.2) is 0 Å². The predicted molar refractivity (Wildman–Crippen MR) is 111 cm³/mol. The number of esters is 1. The van der Waals surface area contributed by atoms with Gasteiger partial charge in [0.25, 0.3) is 0 Å². The van der Waals surface area contributed by atoms with Gasteiger partial charge in [0.2, 0.25) is 5.91 Å². The quantitative estimate of drug-likeness (QED) is 0.254.